The van der Waals surface area contributed by atoms with Crippen molar-refractivity contribution < 1.29 is 4.79 Å². The van der Waals surface area contributed by atoms with Crippen molar-refractivity contribution in [2.75, 3.05) is 5.32 Å². The molecule has 5 heterocycles. The molecule has 0 spiro atoms. The van der Waals surface area contributed by atoms with Gasteiger partial charge in [-0.1, -0.05) is 42.2 Å². The standard InChI is InChI=1S/C35H30N8O2/c1-22(38-34(44)31-32(39-26-15-16-26)40-42-19-7-17-36-33(31)42)29-20-24-9-5-8-23(13-14-25-21-37-41-18-6-12-28(25)41)30(24)35(45)43(29)27-10-3-2-4-11-27/h2-5,7-11,17,19-22,26H,6,12,15-16,18H2,1H3,(H,38,44)(H,39,40)/t22-/m0/s1. The van der Waals surface area contributed by atoms with E-state index in [1.54, 1.807) is 27.5 Å². The highest BCUT2D eigenvalue weighted by molar-refractivity contribution is 6.05. The van der Waals surface area contributed by atoms with Gasteiger partial charge < -0.3 is 10.6 Å². The highest BCUT2D eigenvalue weighted by Crippen LogP contribution is 2.29. The number of pyridine rings is 1. The number of nitrogens with one attached hydrogen (secondary N) is 2. The van der Waals surface area contributed by atoms with Gasteiger partial charge in [0.05, 0.1) is 28.9 Å². The van der Waals surface area contributed by atoms with Crippen molar-refractivity contribution in [3.63, 3.8) is 0 Å². The van der Waals surface area contributed by atoms with Gasteiger partial charge >= 0.3 is 0 Å². The number of hydrogen-bond acceptors (Lipinski definition) is 6. The summed E-state index contributed by atoms with van der Waals surface area (Å²) in [7, 11) is 0. The van der Waals surface area contributed by atoms with Crippen LogP contribution < -0.4 is 16.2 Å². The molecule has 222 valence electrons. The number of aryl methyl sites for hydroxylation is 1. The molecule has 1 amide bonds. The van der Waals surface area contributed by atoms with Crippen LogP contribution in [0, 0.1) is 11.8 Å². The van der Waals surface area contributed by atoms with E-state index in [9.17, 15) is 9.59 Å². The number of fused-ring (bicyclic) bond motifs is 3. The molecule has 2 aliphatic rings. The number of hydrogen-bond donors (Lipinski definition) is 2. The van der Waals surface area contributed by atoms with Crippen molar-refractivity contribution in [1.29, 1.82) is 0 Å². The summed E-state index contributed by atoms with van der Waals surface area (Å²) in [5.41, 5.74) is 4.70. The zero-order valence-electron chi connectivity index (χ0n) is 24.7. The second-order valence-electron chi connectivity index (χ2n) is 11.6. The largest absolute Gasteiger partial charge is 0.365 e. The van der Waals surface area contributed by atoms with Crippen LogP contribution in [0.5, 0.6) is 0 Å². The van der Waals surface area contributed by atoms with E-state index < -0.39 is 6.04 Å². The SMILES string of the molecule is C[C@H](NC(=O)c1c(NC2CC2)nn2cccnc12)c1cc2cccc(C#Cc3cnn4c3CCC4)c2c(=O)n1-c1ccccc1. The van der Waals surface area contributed by atoms with Crippen LogP contribution in [-0.4, -0.2) is 40.9 Å². The Kier molecular flexibility index (Phi) is 6.45. The van der Waals surface area contributed by atoms with Crippen LogP contribution in [0.25, 0.3) is 22.1 Å². The first-order valence-corrected chi connectivity index (χ1v) is 15.3. The third kappa shape index (κ3) is 4.83. The molecule has 1 atom stereocenters. The fourth-order valence-electron chi connectivity index (χ4n) is 6.11. The van der Waals surface area contributed by atoms with Gasteiger partial charge in [0.15, 0.2) is 11.5 Å². The Bertz CT molecular complexity index is 2230. The molecule has 0 saturated heterocycles. The second-order valence-corrected chi connectivity index (χ2v) is 11.6. The summed E-state index contributed by atoms with van der Waals surface area (Å²) < 4.78 is 5.29. The molecule has 6 aromatic rings. The fraction of sp³-hybridized carbons (Fsp3) is 0.229. The van der Waals surface area contributed by atoms with Gasteiger partial charge in [0.25, 0.3) is 11.5 Å². The summed E-state index contributed by atoms with van der Waals surface area (Å²) in [6.45, 7) is 2.80. The van der Waals surface area contributed by atoms with Crippen LogP contribution >= 0.6 is 0 Å². The summed E-state index contributed by atoms with van der Waals surface area (Å²) in [5.74, 6) is 6.74. The van der Waals surface area contributed by atoms with Gasteiger partial charge in [-0.05, 0) is 68.3 Å². The maximum absolute atomic E-state index is 14.4. The molecule has 0 radical (unpaired) electrons. The van der Waals surface area contributed by atoms with Crippen molar-refractivity contribution in [2.45, 2.75) is 51.2 Å². The molecular weight excluding hydrogens is 564 g/mol. The number of para-hydroxylation sites is 1. The van der Waals surface area contributed by atoms with E-state index in [1.165, 1.54) is 0 Å². The Morgan fingerprint density at radius 1 is 1.04 bits per heavy atom. The lowest BCUT2D eigenvalue weighted by atomic mass is 10.0. The lowest BCUT2D eigenvalue weighted by Crippen LogP contribution is -2.32. The van der Waals surface area contributed by atoms with Crippen LogP contribution in [0.2, 0.25) is 0 Å². The Morgan fingerprint density at radius 2 is 1.89 bits per heavy atom. The lowest BCUT2D eigenvalue weighted by Gasteiger charge is -2.21. The quantitative estimate of drug-likeness (QED) is 0.272. The first kappa shape index (κ1) is 26.9. The average Bonchev–Trinajstić information content (AvgIpc) is 3.42. The van der Waals surface area contributed by atoms with E-state index in [2.05, 4.69) is 37.7 Å². The molecule has 1 fully saturated rings. The molecule has 2 aromatic carbocycles. The van der Waals surface area contributed by atoms with Gasteiger partial charge in [-0.15, -0.1) is 5.10 Å². The molecule has 10 heteroatoms. The van der Waals surface area contributed by atoms with Gasteiger partial charge in [0.1, 0.15) is 5.56 Å². The van der Waals surface area contributed by atoms with Crippen LogP contribution in [0.4, 0.5) is 5.82 Å². The number of carbonyl (C=O) groups excluding carboxylic acids is 1. The Morgan fingerprint density at radius 3 is 2.73 bits per heavy atom. The summed E-state index contributed by atoms with van der Waals surface area (Å²) in [6.07, 6.45) is 9.33. The minimum Gasteiger partial charge on any atom is -0.365 e. The summed E-state index contributed by atoms with van der Waals surface area (Å²) in [4.78, 5) is 32.8. The number of amides is 1. The number of anilines is 1. The third-order valence-electron chi connectivity index (χ3n) is 8.49. The average molecular weight is 595 g/mol. The number of nitrogens with zero attached hydrogens (tertiary/aromatic N) is 6. The molecule has 8 rings (SSSR count). The van der Waals surface area contributed by atoms with E-state index >= 15 is 0 Å². The molecule has 0 unspecified atom stereocenters. The third-order valence-corrected chi connectivity index (χ3v) is 8.49. The zero-order chi connectivity index (χ0) is 30.5. The van der Waals surface area contributed by atoms with Gasteiger partial charge in [-0.2, -0.15) is 5.10 Å². The molecule has 0 bridgehead atoms. The molecule has 1 saturated carbocycles. The second kappa shape index (κ2) is 10.8. The molecule has 2 N–H and O–H groups in total. The number of aromatic nitrogens is 6. The number of rotatable bonds is 6. The van der Waals surface area contributed by atoms with Crippen molar-refractivity contribution in [3.05, 3.63) is 118 Å². The van der Waals surface area contributed by atoms with E-state index in [4.69, 9.17) is 0 Å². The normalized spacial score (nSPS) is 14.6. The van der Waals surface area contributed by atoms with Crippen molar-refractivity contribution in [2.24, 2.45) is 0 Å². The molecular formula is C35H30N8O2. The van der Waals surface area contributed by atoms with Crippen LogP contribution in [0.3, 0.4) is 0 Å². The zero-order valence-corrected chi connectivity index (χ0v) is 24.7. The monoisotopic (exact) mass is 594 g/mol. The summed E-state index contributed by atoms with van der Waals surface area (Å²) in [5, 5.41) is 16.8. The predicted octanol–water partition coefficient (Wildman–Crippen LogP) is 4.64. The smallest absolute Gasteiger partial charge is 0.264 e. The van der Waals surface area contributed by atoms with Crippen molar-refractivity contribution in [1.82, 2.24) is 34.3 Å². The minimum absolute atomic E-state index is 0.200. The Labute approximate surface area is 258 Å². The van der Waals surface area contributed by atoms with Crippen LogP contribution in [-0.2, 0) is 13.0 Å². The molecule has 1 aliphatic heterocycles. The first-order valence-electron chi connectivity index (χ1n) is 15.3. The van der Waals surface area contributed by atoms with E-state index in [0.29, 0.717) is 45.4 Å². The molecule has 4 aromatic heterocycles. The minimum atomic E-state index is -0.535. The molecule has 10 nitrogen and oxygen atoms in total. The maximum Gasteiger partial charge on any atom is 0.264 e. The number of carbonyl (C=O) groups is 1. The highest BCUT2D eigenvalue weighted by atomic mass is 16.2. The predicted molar refractivity (Wildman–Crippen MR) is 172 cm³/mol. The fourth-order valence-corrected chi connectivity index (χ4v) is 6.11. The maximum atomic E-state index is 14.4. The van der Waals surface area contributed by atoms with E-state index in [-0.39, 0.29) is 11.5 Å². The van der Waals surface area contributed by atoms with Gasteiger partial charge in [-0.25, -0.2) is 9.50 Å². The summed E-state index contributed by atoms with van der Waals surface area (Å²) in [6, 6.07) is 18.7. The number of benzene rings is 2. The van der Waals surface area contributed by atoms with E-state index in [0.717, 1.165) is 48.9 Å². The van der Waals surface area contributed by atoms with Crippen LogP contribution in [0.1, 0.15) is 65.1 Å². The lowest BCUT2D eigenvalue weighted by molar-refractivity contribution is 0.0941. The van der Waals surface area contributed by atoms with Gasteiger partial charge in [0.2, 0.25) is 0 Å². The first-order chi connectivity index (χ1) is 22.0. The highest BCUT2D eigenvalue weighted by Gasteiger charge is 2.29. The summed E-state index contributed by atoms with van der Waals surface area (Å²) >= 11 is 0. The van der Waals surface area contributed by atoms with E-state index in [1.807, 2.05) is 72.4 Å². The topological polar surface area (TPSA) is 111 Å². The van der Waals surface area contributed by atoms with Gasteiger partial charge in [0, 0.05) is 41.9 Å². The molecule has 1 aliphatic carbocycles. The van der Waals surface area contributed by atoms with Crippen LogP contribution in [0.15, 0.2) is 84.0 Å². The van der Waals surface area contributed by atoms with Crippen molar-refractivity contribution in [3.8, 4) is 17.5 Å². The molecule has 45 heavy (non-hydrogen) atoms. The Balaban J connectivity index is 1.22. The van der Waals surface area contributed by atoms with Gasteiger partial charge in [-0.3, -0.25) is 18.8 Å². The van der Waals surface area contributed by atoms with Crippen molar-refractivity contribution >= 4 is 28.1 Å². The Hall–Kier alpha value is -5.69.